The molecule has 0 N–H and O–H groups in total. The highest BCUT2D eigenvalue weighted by atomic mass is 19.4. The fraction of sp³-hybridized carbons (Fsp3) is 0.478. The number of piperidine rings is 2. The number of amides is 1. The first kappa shape index (κ1) is 22.4. The molecule has 2 saturated heterocycles. The zero-order valence-electron chi connectivity index (χ0n) is 18.8. The highest BCUT2D eigenvalue weighted by Gasteiger charge is 2.50. The highest BCUT2D eigenvalue weighted by Crippen LogP contribution is 2.48. The normalized spacial score (nSPS) is 24.1. The molecular weight excluding hydrogens is 447 g/mol. The molecule has 3 aliphatic rings. The van der Waals surface area contributed by atoms with Gasteiger partial charge in [-0.3, -0.25) is 9.78 Å². The van der Waals surface area contributed by atoms with Crippen molar-refractivity contribution in [2.45, 2.75) is 57.8 Å². The van der Waals surface area contributed by atoms with E-state index in [-0.39, 0.29) is 23.9 Å². The van der Waals surface area contributed by atoms with E-state index < -0.39 is 11.9 Å². The molecule has 1 aliphatic carbocycles. The van der Waals surface area contributed by atoms with Crippen molar-refractivity contribution in [3.05, 3.63) is 59.7 Å². The van der Waals surface area contributed by atoms with Crippen molar-refractivity contribution in [3.63, 3.8) is 0 Å². The van der Waals surface area contributed by atoms with Gasteiger partial charge in [-0.15, -0.1) is 4.80 Å². The number of hydrogen-bond acceptors (Lipinski definition) is 6. The summed E-state index contributed by atoms with van der Waals surface area (Å²) < 4.78 is 38.4. The summed E-state index contributed by atoms with van der Waals surface area (Å²) >= 11 is 0. The van der Waals surface area contributed by atoms with Crippen LogP contribution in [0.5, 0.6) is 0 Å². The first-order valence-corrected chi connectivity index (χ1v) is 11.3. The molecule has 34 heavy (non-hydrogen) atoms. The zero-order chi connectivity index (χ0) is 24.0. The zero-order valence-corrected chi connectivity index (χ0v) is 18.8. The minimum Gasteiger partial charge on any atom is -0.331 e. The lowest BCUT2D eigenvalue weighted by molar-refractivity contribution is -0.141. The number of rotatable bonds is 5. The van der Waals surface area contributed by atoms with Crippen LogP contribution in [0.4, 0.5) is 13.2 Å². The number of alkyl halides is 3. The number of aromatic nitrogens is 6. The molecule has 2 bridgehead atoms. The second-order valence-corrected chi connectivity index (χ2v) is 9.09. The Hall–Kier alpha value is -3.37. The Bertz CT molecular complexity index is 1170. The van der Waals surface area contributed by atoms with Gasteiger partial charge in [0, 0.05) is 24.0 Å². The lowest BCUT2D eigenvalue weighted by atomic mass is 9.64. The molecule has 1 unspecified atom stereocenters. The number of halogens is 3. The van der Waals surface area contributed by atoms with Gasteiger partial charge in [-0.2, -0.15) is 23.4 Å². The summed E-state index contributed by atoms with van der Waals surface area (Å²) in [5, 5.41) is 8.33. The summed E-state index contributed by atoms with van der Waals surface area (Å²) in [6.07, 6.45) is 3.42. The van der Waals surface area contributed by atoms with Crippen LogP contribution in [0.25, 0.3) is 5.69 Å². The molecule has 0 aromatic carbocycles. The Balaban J connectivity index is 1.40. The maximum absolute atomic E-state index is 13.9. The molecule has 3 fully saturated rings. The van der Waals surface area contributed by atoms with Gasteiger partial charge in [-0.1, -0.05) is 6.92 Å². The molecule has 0 spiro atoms. The number of hydrogen-bond donors (Lipinski definition) is 0. The standard InChI is InChI=1S/C23H24F3N7O/c1-13-3-5-19(33-29-7-8-30-33)21(31-13)22(34)32-17-9-15(10-17)14(2)18(32)6-4-16-11-28-20(12-27-16)23(24,25)26/h3,5,7-8,11-12,14-15,17-18H,4,6,9-10H2,1-2H3/t14-,15?,17?,18?/m1/s1. The Morgan fingerprint density at radius 2 is 1.85 bits per heavy atom. The number of nitrogens with zero attached hydrogens (tertiary/aromatic N) is 7. The fourth-order valence-corrected chi connectivity index (χ4v) is 5.10. The van der Waals surface area contributed by atoms with Gasteiger partial charge in [-0.05, 0) is 56.6 Å². The number of pyridine rings is 1. The number of carbonyl (C=O) groups is 1. The molecule has 178 valence electrons. The van der Waals surface area contributed by atoms with Gasteiger partial charge >= 0.3 is 6.18 Å². The van der Waals surface area contributed by atoms with Crippen molar-refractivity contribution < 1.29 is 18.0 Å². The van der Waals surface area contributed by atoms with E-state index in [9.17, 15) is 18.0 Å². The smallest absolute Gasteiger partial charge is 0.331 e. The third-order valence-corrected chi connectivity index (χ3v) is 7.03. The van der Waals surface area contributed by atoms with Gasteiger partial charge in [0.25, 0.3) is 5.91 Å². The number of carbonyl (C=O) groups excluding carboxylic acids is 1. The molecule has 11 heteroatoms. The van der Waals surface area contributed by atoms with Crippen LogP contribution in [0.3, 0.4) is 0 Å². The second kappa shape index (κ2) is 8.44. The quantitative estimate of drug-likeness (QED) is 0.564. The van der Waals surface area contributed by atoms with E-state index in [0.29, 0.717) is 41.5 Å². The van der Waals surface area contributed by atoms with Crippen LogP contribution < -0.4 is 0 Å². The van der Waals surface area contributed by atoms with Crippen molar-refractivity contribution in [3.8, 4) is 5.69 Å². The molecule has 2 aliphatic heterocycles. The molecular formula is C23H24F3N7O. The average Bonchev–Trinajstić information content (AvgIpc) is 3.31. The predicted molar refractivity (Wildman–Crippen MR) is 115 cm³/mol. The molecule has 0 radical (unpaired) electrons. The first-order valence-electron chi connectivity index (χ1n) is 11.3. The van der Waals surface area contributed by atoms with Crippen molar-refractivity contribution in [2.24, 2.45) is 11.8 Å². The van der Waals surface area contributed by atoms with E-state index in [0.717, 1.165) is 19.0 Å². The topological polar surface area (TPSA) is 89.7 Å². The predicted octanol–water partition coefficient (Wildman–Crippen LogP) is 3.65. The Labute approximate surface area is 194 Å². The van der Waals surface area contributed by atoms with Crippen molar-refractivity contribution >= 4 is 5.91 Å². The Morgan fingerprint density at radius 3 is 2.50 bits per heavy atom. The highest BCUT2D eigenvalue weighted by molar-refractivity contribution is 5.96. The second-order valence-electron chi connectivity index (χ2n) is 9.09. The SMILES string of the molecule is Cc1ccc(-n2nccn2)c(C(=O)N2C3CC(C3)[C@@H](C)C2CCc2cnc(C(F)(F)F)cn2)n1. The third-order valence-electron chi connectivity index (χ3n) is 7.03. The lowest BCUT2D eigenvalue weighted by Crippen LogP contribution is -2.63. The largest absolute Gasteiger partial charge is 0.434 e. The molecule has 8 nitrogen and oxygen atoms in total. The van der Waals surface area contributed by atoms with Gasteiger partial charge in [0.05, 0.1) is 24.3 Å². The van der Waals surface area contributed by atoms with Crippen LogP contribution in [0.1, 0.15) is 53.8 Å². The van der Waals surface area contributed by atoms with Crippen molar-refractivity contribution in [1.29, 1.82) is 0 Å². The van der Waals surface area contributed by atoms with Gasteiger partial charge in [0.15, 0.2) is 11.4 Å². The van der Waals surface area contributed by atoms with Gasteiger partial charge in [-0.25, -0.2) is 9.97 Å². The van der Waals surface area contributed by atoms with E-state index in [4.69, 9.17) is 0 Å². The molecule has 1 saturated carbocycles. The van der Waals surface area contributed by atoms with Crippen LogP contribution in [0, 0.1) is 18.8 Å². The number of fused-ring (bicyclic) bond motifs is 2. The van der Waals surface area contributed by atoms with Gasteiger partial charge in [0.2, 0.25) is 0 Å². The maximum atomic E-state index is 13.9. The maximum Gasteiger partial charge on any atom is 0.434 e. The van der Waals surface area contributed by atoms with E-state index in [2.05, 4.69) is 32.1 Å². The van der Waals surface area contributed by atoms with Crippen LogP contribution in [-0.4, -0.2) is 52.8 Å². The average molecular weight is 471 g/mol. The molecule has 5 heterocycles. The van der Waals surface area contributed by atoms with E-state index in [1.807, 2.05) is 17.9 Å². The molecule has 3 aromatic heterocycles. The molecule has 1 amide bonds. The molecule has 6 rings (SSSR count). The molecule has 3 aromatic rings. The van der Waals surface area contributed by atoms with E-state index >= 15 is 0 Å². The number of aryl methyl sites for hydroxylation is 2. The van der Waals surface area contributed by atoms with Crippen LogP contribution in [0.15, 0.2) is 36.9 Å². The minimum atomic E-state index is -4.52. The summed E-state index contributed by atoms with van der Waals surface area (Å²) in [7, 11) is 0. The van der Waals surface area contributed by atoms with Gasteiger partial charge in [0.1, 0.15) is 5.69 Å². The lowest BCUT2D eigenvalue weighted by Gasteiger charge is -2.57. The minimum absolute atomic E-state index is 0.0742. The summed E-state index contributed by atoms with van der Waals surface area (Å²) in [4.78, 5) is 29.2. The summed E-state index contributed by atoms with van der Waals surface area (Å²) in [5.74, 6) is 0.623. The van der Waals surface area contributed by atoms with Crippen LogP contribution in [0.2, 0.25) is 0 Å². The van der Waals surface area contributed by atoms with E-state index in [1.165, 1.54) is 11.0 Å². The Morgan fingerprint density at radius 1 is 1.12 bits per heavy atom. The Kier molecular flexibility index (Phi) is 5.57. The monoisotopic (exact) mass is 471 g/mol. The summed E-state index contributed by atoms with van der Waals surface area (Å²) in [6.45, 7) is 3.97. The summed E-state index contributed by atoms with van der Waals surface area (Å²) in [6, 6.07) is 3.65. The van der Waals surface area contributed by atoms with E-state index in [1.54, 1.807) is 18.5 Å². The summed E-state index contributed by atoms with van der Waals surface area (Å²) in [5.41, 5.74) is 0.995. The van der Waals surface area contributed by atoms with Crippen molar-refractivity contribution in [2.75, 3.05) is 0 Å². The fourth-order valence-electron chi connectivity index (χ4n) is 5.10. The first-order chi connectivity index (χ1) is 16.2. The third kappa shape index (κ3) is 4.03. The van der Waals surface area contributed by atoms with Gasteiger partial charge < -0.3 is 4.90 Å². The van der Waals surface area contributed by atoms with Crippen molar-refractivity contribution in [1.82, 2.24) is 34.8 Å². The van der Waals surface area contributed by atoms with Crippen LogP contribution >= 0.6 is 0 Å². The van der Waals surface area contributed by atoms with Crippen LogP contribution in [-0.2, 0) is 12.6 Å². The molecule has 2 atom stereocenters.